The third kappa shape index (κ3) is 7.36. The van der Waals surface area contributed by atoms with Crippen molar-refractivity contribution in [3.05, 3.63) is 11.6 Å². The highest BCUT2D eigenvalue weighted by Crippen LogP contribution is 2.12. The molecule has 0 aromatic heterocycles. The second-order valence-electron chi connectivity index (χ2n) is 3.38. The molecule has 4 nitrogen and oxygen atoms in total. The Morgan fingerprint density at radius 1 is 1.53 bits per heavy atom. The first-order valence-corrected chi connectivity index (χ1v) is 4.94. The molecule has 1 N–H and O–H groups in total. The predicted molar refractivity (Wildman–Crippen MR) is 55.9 cm³/mol. The molecule has 0 unspecified atom stereocenters. The molecule has 1 amide bonds. The minimum absolute atomic E-state index is 0.311. The average Bonchev–Trinajstić information content (AvgIpc) is 2.25. The number of hydrogen-bond donors (Lipinski definition) is 1. The van der Waals surface area contributed by atoms with Crippen LogP contribution in [-0.2, 0) is 4.79 Å². The summed E-state index contributed by atoms with van der Waals surface area (Å²) >= 11 is 0. The van der Waals surface area contributed by atoms with Gasteiger partial charge >= 0.3 is 6.18 Å². The minimum atomic E-state index is -4.48. The van der Waals surface area contributed by atoms with Gasteiger partial charge in [0.25, 0.3) is 5.91 Å². The van der Waals surface area contributed by atoms with Crippen LogP contribution in [0.3, 0.4) is 0 Å². The van der Waals surface area contributed by atoms with Crippen LogP contribution in [-0.4, -0.2) is 43.7 Å². The molecule has 0 bridgehead atoms. The Morgan fingerprint density at radius 3 is 2.53 bits per heavy atom. The van der Waals surface area contributed by atoms with E-state index in [0.29, 0.717) is 13.1 Å². The second-order valence-corrected chi connectivity index (χ2v) is 3.38. The Hall–Kier alpha value is -1.55. The molecule has 7 heteroatoms. The summed E-state index contributed by atoms with van der Waals surface area (Å²) < 4.78 is 35.5. The molecule has 0 saturated carbocycles. The lowest BCUT2D eigenvalue weighted by Crippen LogP contribution is -2.34. The molecular weight excluding hydrogens is 235 g/mol. The lowest BCUT2D eigenvalue weighted by molar-refractivity contribution is -0.136. The van der Waals surface area contributed by atoms with Crippen LogP contribution in [0.4, 0.5) is 13.2 Å². The van der Waals surface area contributed by atoms with Crippen molar-refractivity contribution in [2.24, 2.45) is 0 Å². The largest absolute Gasteiger partial charge is 0.405 e. The molecule has 0 aromatic carbocycles. The molecule has 0 heterocycles. The van der Waals surface area contributed by atoms with E-state index >= 15 is 0 Å². The highest BCUT2D eigenvalue weighted by molar-refractivity contribution is 5.97. The lowest BCUT2D eigenvalue weighted by atomic mass is 10.2. The van der Waals surface area contributed by atoms with Crippen LogP contribution in [0.25, 0.3) is 0 Å². The van der Waals surface area contributed by atoms with E-state index in [4.69, 9.17) is 5.26 Å². The van der Waals surface area contributed by atoms with E-state index in [9.17, 15) is 18.0 Å². The van der Waals surface area contributed by atoms with Crippen molar-refractivity contribution in [3.8, 4) is 6.07 Å². The van der Waals surface area contributed by atoms with Crippen LogP contribution in [0.1, 0.15) is 6.92 Å². The third-order valence-corrected chi connectivity index (χ3v) is 1.96. The second kappa shape index (κ2) is 6.91. The van der Waals surface area contributed by atoms with Crippen LogP contribution < -0.4 is 5.32 Å². The number of nitriles is 1. The molecule has 0 saturated heterocycles. The van der Waals surface area contributed by atoms with E-state index in [-0.39, 0.29) is 5.57 Å². The molecule has 17 heavy (non-hydrogen) atoms. The Balaban J connectivity index is 4.37. The van der Waals surface area contributed by atoms with E-state index < -0.39 is 18.6 Å². The van der Waals surface area contributed by atoms with E-state index in [1.165, 1.54) is 6.08 Å². The van der Waals surface area contributed by atoms with Gasteiger partial charge in [-0.05, 0) is 19.7 Å². The smallest absolute Gasteiger partial charge is 0.342 e. The first-order chi connectivity index (χ1) is 7.80. The molecule has 0 radical (unpaired) electrons. The summed E-state index contributed by atoms with van der Waals surface area (Å²) in [5.41, 5.74) is -0.311. The van der Waals surface area contributed by atoms with Crippen LogP contribution in [0.2, 0.25) is 0 Å². The number of nitrogens with zero attached hydrogens (tertiary/aromatic N) is 2. The van der Waals surface area contributed by atoms with Gasteiger partial charge in [-0.2, -0.15) is 18.4 Å². The van der Waals surface area contributed by atoms with E-state index in [1.807, 2.05) is 6.92 Å². The van der Waals surface area contributed by atoms with Crippen LogP contribution in [0.5, 0.6) is 0 Å². The van der Waals surface area contributed by atoms with Gasteiger partial charge in [0.1, 0.15) is 18.2 Å². The number of nitrogens with one attached hydrogen (secondary N) is 1. The van der Waals surface area contributed by atoms with Crippen molar-refractivity contribution in [1.29, 1.82) is 5.26 Å². The molecule has 0 aromatic rings. The number of alkyl halides is 3. The maximum atomic E-state index is 11.8. The number of amides is 1. The van der Waals surface area contributed by atoms with Gasteiger partial charge in [-0.1, -0.05) is 6.92 Å². The zero-order chi connectivity index (χ0) is 13.5. The standard InChI is InChI=1S/C10H14F3N3O/c1-3-16(2)5-4-8(6-14)9(17)15-7-10(11,12)13/h4H,3,5,7H2,1-2H3,(H,15,17). The van der Waals surface area contributed by atoms with Crippen LogP contribution >= 0.6 is 0 Å². The molecule has 0 aliphatic heterocycles. The summed E-state index contributed by atoms with van der Waals surface area (Å²) in [5, 5.41) is 10.3. The van der Waals surface area contributed by atoms with Crippen molar-refractivity contribution in [2.45, 2.75) is 13.1 Å². The third-order valence-electron chi connectivity index (χ3n) is 1.96. The molecule has 0 spiro atoms. The van der Waals surface area contributed by atoms with Gasteiger partial charge in [0.2, 0.25) is 0 Å². The molecular formula is C10H14F3N3O. The maximum absolute atomic E-state index is 11.8. The van der Waals surface area contributed by atoms with Crippen molar-refractivity contribution >= 4 is 5.91 Å². The number of hydrogen-bond acceptors (Lipinski definition) is 3. The van der Waals surface area contributed by atoms with E-state index in [0.717, 1.165) is 0 Å². The monoisotopic (exact) mass is 249 g/mol. The van der Waals surface area contributed by atoms with Crippen LogP contribution in [0, 0.1) is 11.3 Å². The average molecular weight is 249 g/mol. The maximum Gasteiger partial charge on any atom is 0.405 e. The summed E-state index contributed by atoms with van der Waals surface area (Å²) in [7, 11) is 1.76. The normalized spacial score (nSPS) is 12.4. The molecule has 96 valence electrons. The van der Waals surface area contributed by atoms with Gasteiger partial charge in [-0.25, -0.2) is 0 Å². The number of halogens is 3. The first kappa shape index (κ1) is 15.4. The van der Waals surface area contributed by atoms with Crippen molar-refractivity contribution in [3.63, 3.8) is 0 Å². The summed E-state index contributed by atoms with van der Waals surface area (Å²) in [4.78, 5) is 13.0. The SMILES string of the molecule is CCN(C)CC=C(C#N)C(=O)NCC(F)(F)F. The zero-order valence-electron chi connectivity index (χ0n) is 9.64. The highest BCUT2D eigenvalue weighted by atomic mass is 19.4. The fourth-order valence-electron chi connectivity index (χ4n) is 0.841. The number of carbonyl (C=O) groups is 1. The Bertz CT molecular complexity index is 331. The molecule has 0 rings (SSSR count). The zero-order valence-corrected chi connectivity index (χ0v) is 9.64. The van der Waals surface area contributed by atoms with Crippen molar-refractivity contribution < 1.29 is 18.0 Å². The Morgan fingerprint density at radius 2 is 2.12 bits per heavy atom. The first-order valence-electron chi connectivity index (χ1n) is 4.94. The summed E-state index contributed by atoms with van der Waals surface area (Å²) in [5.74, 6) is -1.01. The number of carbonyl (C=O) groups excluding carboxylic acids is 1. The predicted octanol–water partition coefficient (Wildman–Crippen LogP) is 1.07. The Labute approximate surface area is 97.7 Å². The van der Waals surface area contributed by atoms with Gasteiger partial charge in [0.15, 0.2) is 0 Å². The summed E-state index contributed by atoms with van der Waals surface area (Å²) in [6.07, 6.45) is -3.17. The molecule has 0 aliphatic carbocycles. The quantitative estimate of drug-likeness (QED) is 0.585. The van der Waals surface area contributed by atoms with Gasteiger partial charge in [-0.3, -0.25) is 4.79 Å². The Kier molecular flexibility index (Phi) is 6.28. The fourth-order valence-corrected chi connectivity index (χ4v) is 0.841. The summed E-state index contributed by atoms with van der Waals surface area (Å²) in [6.45, 7) is 1.48. The van der Waals surface area contributed by atoms with E-state index in [2.05, 4.69) is 0 Å². The van der Waals surface area contributed by atoms with Crippen molar-refractivity contribution in [1.82, 2.24) is 10.2 Å². The van der Waals surface area contributed by atoms with Crippen LogP contribution in [0.15, 0.2) is 11.6 Å². The molecule has 0 atom stereocenters. The van der Waals surface area contributed by atoms with Gasteiger partial charge in [-0.15, -0.1) is 0 Å². The number of likely N-dealkylation sites (N-methyl/N-ethyl adjacent to an activating group) is 1. The lowest BCUT2D eigenvalue weighted by Gasteiger charge is -2.11. The number of rotatable bonds is 5. The minimum Gasteiger partial charge on any atom is -0.342 e. The van der Waals surface area contributed by atoms with Gasteiger partial charge in [0, 0.05) is 6.54 Å². The van der Waals surface area contributed by atoms with Gasteiger partial charge in [0.05, 0.1) is 0 Å². The fraction of sp³-hybridized carbons (Fsp3) is 0.600. The van der Waals surface area contributed by atoms with E-state index in [1.54, 1.807) is 23.3 Å². The topological polar surface area (TPSA) is 56.1 Å². The molecule has 0 aliphatic rings. The van der Waals surface area contributed by atoms with Crippen molar-refractivity contribution in [2.75, 3.05) is 26.7 Å². The molecule has 0 fully saturated rings. The summed E-state index contributed by atoms with van der Waals surface area (Å²) in [6, 6.07) is 1.57. The van der Waals surface area contributed by atoms with Gasteiger partial charge < -0.3 is 10.2 Å². The highest BCUT2D eigenvalue weighted by Gasteiger charge is 2.28.